The molecule has 3 aromatic rings. The van der Waals surface area contributed by atoms with Crippen LogP contribution >= 0.6 is 27.7 Å². The van der Waals surface area contributed by atoms with Gasteiger partial charge in [0.2, 0.25) is 0 Å². The zero-order valence-corrected chi connectivity index (χ0v) is 19.0. The van der Waals surface area contributed by atoms with Crippen LogP contribution in [-0.2, 0) is 4.79 Å². The molecule has 0 fully saturated rings. The fraction of sp³-hybridized carbons (Fsp3) is 0.0833. The average Bonchev–Trinajstić information content (AvgIpc) is 2.74. The lowest BCUT2D eigenvalue weighted by atomic mass is 10.1. The SMILES string of the molecule is CSc1ccc(/C=C(/NC(=O)c2ccc(C)cc2)C(=O)Nc2cccc(Br)c2)cc1. The van der Waals surface area contributed by atoms with Crippen molar-refractivity contribution in [2.75, 3.05) is 11.6 Å². The van der Waals surface area contributed by atoms with Crippen LogP contribution in [0, 0.1) is 6.92 Å². The molecular formula is C24H21BrN2O2S. The van der Waals surface area contributed by atoms with Gasteiger partial charge in [0, 0.05) is 20.6 Å². The molecule has 0 unspecified atom stereocenters. The van der Waals surface area contributed by atoms with Crippen molar-refractivity contribution in [1.82, 2.24) is 5.32 Å². The van der Waals surface area contributed by atoms with E-state index in [0.29, 0.717) is 11.3 Å². The number of hydrogen-bond acceptors (Lipinski definition) is 3. The van der Waals surface area contributed by atoms with Gasteiger partial charge in [-0.15, -0.1) is 11.8 Å². The van der Waals surface area contributed by atoms with Crippen LogP contribution < -0.4 is 10.6 Å². The normalized spacial score (nSPS) is 11.1. The highest BCUT2D eigenvalue weighted by atomic mass is 79.9. The molecule has 0 saturated carbocycles. The minimum absolute atomic E-state index is 0.164. The highest BCUT2D eigenvalue weighted by molar-refractivity contribution is 9.10. The first-order chi connectivity index (χ1) is 14.4. The van der Waals surface area contributed by atoms with Crippen LogP contribution in [0.1, 0.15) is 21.5 Å². The average molecular weight is 481 g/mol. The molecule has 2 amide bonds. The van der Waals surface area contributed by atoms with Gasteiger partial charge in [-0.1, -0.05) is 51.8 Å². The Balaban J connectivity index is 1.88. The molecule has 6 heteroatoms. The number of halogens is 1. The Kier molecular flexibility index (Phi) is 7.49. The van der Waals surface area contributed by atoms with Gasteiger partial charge < -0.3 is 10.6 Å². The number of thioether (sulfide) groups is 1. The zero-order chi connectivity index (χ0) is 21.5. The van der Waals surface area contributed by atoms with Crippen molar-refractivity contribution < 1.29 is 9.59 Å². The van der Waals surface area contributed by atoms with Gasteiger partial charge in [-0.05, 0) is 67.3 Å². The maximum Gasteiger partial charge on any atom is 0.272 e. The van der Waals surface area contributed by atoms with E-state index in [4.69, 9.17) is 0 Å². The van der Waals surface area contributed by atoms with Crippen LogP contribution in [0.2, 0.25) is 0 Å². The molecule has 3 rings (SSSR count). The van der Waals surface area contributed by atoms with Gasteiger partial charge >= 0.3 is 0 Å². The molecule has 0 aliphatic heterocycles. The largest absolute Gasteiger partial charge is 0.321 e. The number of nitrogens with one attached hydrogen (secondary N) is 2. The van der Waals surface area contributed by atoms with Gasteiger partial charge in [-0.3, -0.25) is 9.59 Å². The summed E-state index contributed by atoms with van der Waals surface area (Å²) in [6, 6.07) is 22.3. The topological polar surface area (TPSA) is 58.2 Å². The number of amides is 2. The molecule has 0 aromatic heterocycles. The molecule has 0 saturated heterocycles. The smallest absolute Gasteiger partial charge is 0.272 e. The number of rotatable bonds is 6. The maximum absolute atomic E-state index is 13.0. The number of carbonyl (C=O) groups excluding carboxylic acids is 2. The molecule has 152 valence electrons. The first kappa shape index (κ1) is 21.9. The minimum atomic E-state index is -0.400. The van der Waals surface area contributed by atoms with Crippen molar-refractivity contribution in [2.45, 2.75) is 11.8 Å². The Morgan fingerprint density at radius 2 is 1.67 bits per heavy atom. The molecule has 0 bridgehead atoms. The first-order valence-corrected chi connectivity index (χ1v) is 11.3. The molecule has 30 heavy (non-hydrogen) atoms. The van der Waals surface area contributed by atoms with Crippen LogP contribution in [0.4, 0.5) is 5.69 Å². The van der Waals surface area contributed by atoms with Crippen molar-refractivity contribution in [1.29, 1.82) is 0 Å². The Hall–Kier alpha value is -2.83. The minimum Gasteiger partial charge on any atom is -0.321 e. The van der Waals surface area contributed by atoms with E-state index in [-0.39, 0.29) is 11.6 Å². The van der Waals surface area contributed by atoms with Crippen molar-refractivity contribution in [2.24, 2.45) is 0 Å². The lowest BCUT2D eigenvalue weighted by molar-refractivity contribution is -0.113. The monoisotopic (exact) mass is 480 g/mol. The van der Waals surface area contributed by atoms with E-state index in [1.165, 1.54) is 0 Å². The molecule has 2 N–H and O–H groups in total. The molecule has 3 aromatic carbocycles. The Morgan fingerprint density at radius 3 is 2.30 bits per heavy atom. The molecule has 4 nitrogen and oxygen atoms in total. The summed E-state index contributed by atoms with van der Waals surface area (Å²) in [5.41, 5.74) is 3.15. The molecule has 0 atom stereocenters. The highest BCUT2D eigenvalue weighted by Gasteiger charge is 2.15. The van der Waals surface area contributed by atoms with Crippen molar-refractivity contribution in [3.05, 3.63) is 99.7 Å². The summed E-state index contributed by atoms with van der Waals surface area (Å²) in [4.78, 5) is 26.8. The van der Waals surface area contributed by atoms with Crippen LogP contribution in [0.25, 0.3) is 6.08 Å². The van der Waals surface area contributed by atoms with Gasteiger partial charge in [0.25, 0.3) is 11.8 Å². The molecular weight excluding hydrogens is 460 g/mol. The fourth-order valence-corrected chi connectivity index (χ4v) is 3.50. The van der Waals surface area contributed by atoms with Crippen molar-refractivity contribution in [3.8, 4) is 0 Å². The van der Waals surface area contributed by atoms with E-state index in [2.05, 4.69) is 26.6 Å². The standard InChI is InChI=1S/C24H21BrN2O2S/c1-16-6-10-18(11-7-16)23(28)27-22(14-17-8-12-21(30-2)13-9-17)24(29)26-20-5-3-4-19(25)15-20/h3-15H,1-2H3,(H,26,29)(H,27,28)/b22-14+. The third kappa shape index (κ3) is 6.08. The van der Waals surface area contributed by atoms with Gasteiger partial charge in [0.05, 0.1) is 0 Å². The van der Waals surface area contributed by atoms with Crippen molar-refractivity contribution >= 4 is 51.3 Å². The zero-order valence-electron chi connectivity index (χ0n) is 16.6. The number of aryl methyl sites for hydroxylation is 1. The molecule has 0 aliphatic carbocycles. The summed E-state index contributed by atoms with van der Waals surface area (Å²) in [6.07, 6.45) is 3.67. The van der Waals surface area contributed by atoms with E-state index < -0.39 is 5.91 Å². The summed E-state index contributed by atoms with van der Waals surface area (Å²) in [6.45, 7) is 1.96. The summed E-state index contributed by atoms with van der Waals surface area (Å²) in [7, 11) is 0. The van der Waals surface area contributed by atoms with Crippen LogP contribution in [0.15, 0.2) is 87.9 Å². The lowest BCUT2D eigenvalue weighted by Gasteiger charge is -2.12. The van der Waals surface area contributed by atoms with Gasteiger partial charge in [-0.2, -0.15) is 0 Å². The third-order valence-electron chi connectivity index (χ3n) is 4.32. The Bertz CT molecular complexity index is 1080. The number of hydrogen-bond donors (Lipinski definition) is 2. The van der Waals surface area contributed by atoms with Crippen LogP contribution in [-0.4, -0.2) is 18.1 Å². The molecule has 0 aliphatic rings. The van der Waals surface area contributed by atoms with E-state index in [0.717, 1.165) is 20.5 Å². The lowest BCUT2D eigenvalue weighted by Crippen LogP contribution is -2.30. The number of anilines is 1. The first-order valence-electron chi connectivity index (χ1n) is 9.25. The van der Waals surface area contributed by atoms with E-state index in [1.807, 2.05) is 61.7 Å². The Labute approximate surface area is 188 Å². The summed E-state index contributed by atoms with van der Waals surface area (Å²) < 4.78 is 0.849. The summed E-state index contributed by atoms with van der Waals surface area (Å²) >= 11 is 5.04. The molecule has 0 radical (unpaired) electrons. The van der Waals surface area contributed by atoms with Crippen LogP contribution in [0.3, 0.4) is 0 Å². The van der Waals surface area contributed by atoms with Gasteiger partial charge in [0.1, 0.15) is 5.70 Å². The molecule has 0 spiro atoms. The third-order valence-corrected chi connectivity index (χ3v) is 5.55. The number of carbonyl (C=O) groups is 2. The fourth-order valence-electron chi connectivity index (χ4n) is 2.69. The quantitative estimate of drug-likeness (QED) is 0.341. The molecule has 0 heterocycles. The van der Waals surface area contributed by atoms with Crippen LogP contribution in [0.5, 0.6) is 0 Å². The second-order valence-electron chi connectivity index (χ2n) is 6.62. The van der Waals surface area contributed by atoms with Gasteiger partial charge in [-0.25, -0.2) is 0 Å². The predicted octanol–water partition coefficient (Wildman–Crippen LogP) is 5.89. The number of benzene rings is 3. The maximum atomic E-state index is 13.0. The van der Waals surface area contributed by atoms with Crippen molar-refractivity contribution in [3.63, 3.8) is 0 Å². The summed E-state index contributed by atoms with van der Waals surface area (Å²) in [5.74, 6) is -0.742. The Morgan fingerprint density at radius 1 is 0.967 bits per heavy atom. The second-order valence-corrected chi connectivity index (χ2v) is 8.41. The van der Waals surface area contributed by atoms with E-state index in [1.54, 1.807) is 42.1 Å². The predicted molar refractivity (Wildman–Crippen MR) is 128 cm³/mol. The summed E-state index contributed by atoms with van der Waals surface area (Å²) in [5, 5.41) is 5.59. The highest BCUT2D eigenvalue weighted by Crippen LogP contribution is 2.18. The second kappa shape index (κ2) is 10.3. The van der Waals surface area contributed by atoms with E-state index >= 15 is 0 Å². The van der Waals surface area contributed by atoms with Gasteiger partial charge in [0.15, 0.2) is 0 Å². The van der Waals surface area contributed by atoms with E-state index in [9.17, 15) is 9.59 Å².